The minimum Gasteiger partial charge on any atom is -0.496 e. The van der Waals surface area contributed by atoms with Crippen molar-refractivity contribution in [1.29, 1.82) is 0 Å². The zero-order valence-corrected chi connectivity index (χ0v) is 13.0. The Labute approximate surface area is 125 Å². The molecular weight excluding hydrogens is 270 g/mol. The average Bonchev–Trinajstić information content (AvgIpc) is 2.81. The highest BCUT2D eigenvalue weighted by molar-refractivity contribution is 5.77. The van der Waals surface area contributed by atoms with Crippen LogP contribution in [0.5, 0.6) is 11.5 Å². The van der Waals surface area contributed by atoms with Gasteiger partial charge >= 0.3 is 5.97 Å². The van der Waals surface area contributed by atoms with Crippen molar-refractivity contribution in [3.8, 4) is 11.5 Å². The minimum atomic E-state index is -0.872. The largest absolute Gasteiger partial charge is 0.496 e. The fourth-order valence-electron chi connectivity index (χ4n) is 2.92. The van der Waals surface area contributed by atoms with Crippen LogP contribution in [0.3, 0.4) is 0 Å². The van der Waals surface area contributed by atoms with Crippen LogP contribution in [0.25, 0.3) is 0 Å². The molecule has 0 fully saturated rings. The van der Waals surface area contributed by atoms with E-state index >= 15 is 0 Å². The Morgan fingerprint density at radius 1 is 1.48 bits per heavy atom. The lowest BCUT2D eigenvalue weighted by atomic mass is 10.00. The highest BCUT2D eigenvalue weighted by atomic mass is 16.5. The van der Waals surface area contributed by atoms with Crippen LogP contribution in [0.4, 0.5) is 0 Å². The van der Waals surface area contributed by atoms with E-state index in [0.29, 0.717) is 24.4 Å². The molecule has 1 aromatic carbocycles. The molecule has 0 aromatic heterocycles. The molecule has 5 heteroatoms. The summed E-state index contributed by atoms with van der Waals surface area (Å²) in [6.45, 7) is 7.23. The second-order valence-electron chi connectivity index (χ2n) is 5.30. The lowest BCUT2D eigenvalue weighted by molar-refractivity contribution is -0.143. The van der Waals surface area contributed by atoms with Crippen LogP contribution in [0.1, 0.15) is 37.9 Å². The normalized spacial score (nSPS) is 18.2. The number of hydrogen-bond donors (Lipinski definition) is 1. The maximum atomic E-state index is 11.8. The molecule has 0 amide bonds. The van der Waals surface area contributed by atoms with Crippen LogP contribution >= 0.6 is 0 Å². The number of ether oxygens (including phenoxy) is 2. The number of carboxylic acid groups (broad SMARTS) is 1. The van der Waals surface area contributed by atoms with Crippen molar-refractivity contribution in [3.63, 3.8) is 0 Å². The van der Waals surface area contributed by atoms with Gasteiger partial charge in [-0.2, -0.15) is 0 Å². The van der Waals surface area contributed by atoms with Crippen LogP contribution < -0.4 is 9.47 Å². The third-order valence-electron chi connectivity index (χ3n) is 3.95. The number of rotatable bonds is 6. The third-order valence-corrected chi connectivity index (χ3v) is 3.95. The maximum absolute atomic E-state index is 11.8. The number of fused-ring (bicyclic) bond motifs is 1. The standard InChI is InChI=1S/C16H23NO4/c1-5-17(6-2)15(16(18)19)12-9-13-11(7-10(3)21-13)8-14(12)20-4/h8-10,15H,5-7H2,1-4H3,(H,18,19). The van der Waals surface area contributed by atoms with Gasteiger partial charge in [-0.1, -0.05) is 13.8 Å². The predicted molar refractivity (Wildman–Crippen MR) is 80.1 cm³/mol. The molecule has 2 rings (SSSR count). The topological polar surface area (TPSA) is 59.0 Å². The summed E-state index contributed by atoms with van der Waals surface area (Å²) in [6.07, 6.45) is 0.950. The zero-order valence-electron chi connectivity index (χ0n) is 13.0. The van der Waals surface area contributed by atoms with Crippen LogP contribution in [-0.4, -0.2) is 42.3 Å². The summed E-state index contributed by atoms with van der Waals surface area (Å²) in [6, 6.07) is 3.02. The maximum Gasteiger partial charge on any atom is 0.325 e. The van der Waals surface area contributed by atoms with Crippen molar-refractivity contribution in [2.75, 3.05) is 20.2 Å². The molecule has 1 aromatic rings. The molecular formula is C16H23NO4. The van der Waals surface area contributed by atoms with Gasteiger partial charge in [0.1, 0.15) is 23.6 Å². The van der Waals surface area contributed by atoms with E-state index < -0.39 is 12.0 Å². The van der Waals surface area contributed by atoms with Gasteiger partial charge in [0.2, 0.25) is 0 Å². The highest BCUT2D eigenvalue weighted by Gasteiger charge is 2.31. The van der Waals surface area contributed by atoms with Crippen LogP contribution in [0.15, 0.2) is 12.1 Å². The summed E-state index contributed by atoms with van der Waals surface area (Å²) in [7, 11) is 1.58. The van der Waals surface area contributed by atoms with Crippen LogP contribution in [0.2, 0.25) is 0 Å². The first-order valence-electron chi connectivity index (χ1n) is 7.36. The molecule has 5 nitrogen and oxygen atoms in total. The fraction of sp³-hybridized carbons (Fsp3) is 0.562. The Hall–Kier alpha value is -1.75. The van der Waals surface area contributed by atoms with Gasteiger partial charge in [0.05, 0.1) is 7.11 Å². The summed E-state index contributed by atoms with van der Waals surface area (Å²) in [5, 5.41) is 9.64. The fourth-order valence-corrected chi connectivity index (χ4v) is 2.92. The van der Waals surface area contributed by atoms with Crippen molar-refractivity contribution in [2.45, 2.75) is 39.3 Å². The van der Waals surface area contributed by atoms with E-state index in [0.717, 1.165) is 17.7 Å². The molecule has 1 aliphatic rings. The van der Waals surface area contributed by atoms with E-state index in [2.05, 4.69) is 0 Å². The minimum absolute atomic E-state index is 0.122. The molecule has 1 aliphatic heterocycles. The molecule has 116 valence electrons. The molecule has 1 N–H and O–H groups in total. The van der Waals surface area contributed by atoms with Gasteiger partial charge in [0, 0.05) is 17.5 Å². The molecule has 0 spiro atoms. The number of aliphatic carboxylic acids is 1. The van der Waals surface area contributed by atoms with Gasteiger partial charge in [-0.15, -0.1) is 0 Å². The third kappa shape index (κ3) is 2.97. The SMILES string of the molecule is CCN(CC)C(C(=O)O)c1cc2c(cc1OC)CC(C)O2. The van der Waals surface area contributed by atoms with Crippen molar-refractivity contribution in [3.05, 3.63) is 23.3 Å². The Morgan fingerprint density at radius 2 is 2.14 bits per heavy atom. The predicted octanol–water partition coefficient (Wildman–Crippen LogP) is 2.49. The second kappa shape index (κ2) is 6.35. The molecule has 21 heavy (non-hydrogen) atoms. The Bertz CT molecular complexity index is 525. The average molecular weight is 293 g/mol. The first-order valence-corrected chi connectivity index (χ1v) is 7.36. The molecule has 0 saturated carbocycles. The molecule has 1 heterocycles. The molecule has 0 aliphatic carbocycles. The summed E-state index contributed by atoms with van der Waals surface area (Å²) in [4.78, 5) is 13.6. The molecule has 0 saturated heterocycles. The summed E-state index contributed by atoms with van der Waals surface area (Å²) in [5.74, 6) is 0.519. The Morgan fingerprint density at radius 3 is 2.67 bits per heavy atom. The van der Waals surface area contributed by atoms with Crippen molar-refractivity contribution in [2.24, 2.45) is 0 Å². The van der Waals surface area contributed by atoms with Gasteiger partial charge in [-0.25, -0.2) is 0 Å². The summed E-state index contributed by atoms with van der Waals surface area (Å²) in [5.41, 5.74) is 1.73. The lowest BCUT2D eigenvalue weighted by Crippen LogP contribution is -2.34. The van der Waals surface area contributed by atoms with Crippen LogP contribution in [0, 0.1) is 0 Å². The number of carboxylic acids is 1. The second-order valence-corrected chi connectivity index (χ2v) is 5.30. The van der Waals surface area contributed by atoms with E-state index in [9.17, 15) is 9.90 Å². The Kier molecular flexibility index (Phi) is 4.73. The number of hydrogen-bond acceptors (Lipinski definition) is 4. The lowest BCUT2D eigenvalue weighted by Gasteiger charge is -2.28. The summed E-state index contributed by atoms with van der Waals surface area (Å²) < 4.78 is 11.2. The van der Waals surface area contributed by atoms with Crippen molar-refractivity contribution < 1.29 is 19.4 Å². The smallest absolute Gasteiger partial charge is 0.325 e. The number of carbonyl (C=O) groups is 1. The quantitative estimate of drug-likeness (QED) is 0.873. The van der Waals surface area contributed by atoms with E-state index in [1.165, 1.54) is 0 Å². The van der Waals surface area contributed by atoms with Crippen molar-refractivity contribution >= 4 is 5.97 Å². The number of methoxy groups -OCH3 is 1. The van der Waals surface area contributed by atoms with Crippen molar-refractivity contribution in [1.82, 2.24) is 4.90 Å². The van der Waals surface area contributed by atoms with E-state index in [-0.39, 0.29) is 6.10 Å². The molecule has 2 unspecified atom stereocenters. The van der Waals surface area contributed by atoms with Gasteiger partial charge in [0.15, 0.2) is 0 Å². The Balaban J connectivity index is 2.50. The number of benzene rings is 1. The van der Waals surface area contributed by atoms with Gasteiger partial charge < -0.3 is 14.6 Å². The summed E-state index contributed by atoms with van der Waals surface area (Å²) >= 11 is 0. The van der Waals surface area contributed by atoms with E-state index in [1.54, 1.807) is 7.11 Å². The van der Waals surface area contributed by atoms with Gasteiger partial charge in [-0.3, -0.25) is 9.69 Å². The molecule has 0 radical (unpaired) electrons. The molecule has 2 atom stereocenters. The zero-order chi connectivity index (χ0) is 15.6. The number of nitrogens with zero attached hydrogens (tertiary/aromatic N) is 1. The number of likely N-dealkylation sites (N-methyl/N-ethyl adjacent to an activating group) is 1. The monoisotopic (exact) mass is 293 g/mol. The van der Waals surface area contributed by atoms with Gasteiger partial charge in [0.25, 0.3) is 0 Å². The van der Waals surface area contributed by atoms with E-state index in [1.807, 2.05) is 37.8 Å². The van der Waals surface area contributed by atoms with Crippen LogP contribution in [-0.2, 0) is 11.2 Å². The van der Waals surface area contributed by atoms with E-state index in [4.69, 9.17) is 9.47 Å². The molecule has 0 bridgehead atoms. The first-order chi connectivity index (χ1) is 10.0. The highest BCUT2D eigenvalue weighted by Crippen LogP contribution is 2.39. The first kappa shape index (κ1) is 15.6. The van der Waals surface area contributed by atoms with Gasteiger partial charge in [-0.05, 0) is 32.1 Å².